The summed E-state index contributed by atoms with van der Waals surface area (Å²) in [4.78, 5) is 24.0. The van der Waals surface area contributed by atoms with Crippen molar-refractivity contribution in [1.82, 2.24) is 4.90 Å². The predicted molar refractivity (Wildman–Crippen MR) is 62.6 cm³/mol. The van der Waals surface area contributed by atoms with Crippen molar-refractivity contribution >= 4 is 34.8 Å². The number of thiophene rings is 1. The lowest BCUT2D eigenvalue weighted by Gasteiger charge is -2.13. The Hall–Kier alpha value is -1.33. The zero-order valence-electron chi connectivity index (χ0n) is 8.51. The molecule has 0 aliphatic rings. The summed E-state index contributed by atoms with van der Waals surface area (Å²) in [5.41, 5.74) is 0. The molecule has 86 valence electrons. The summed E-state index contributed by atoms with van der Waals surface area (Å²) >= 11 is 7.14. The van der Waals surface area contributed by atoms with E-state index in [1.54, 1.807) is 13.1 Å². The number of carbonyl (C=O) groups excluding carboxylic acids is 1. The van der Waals surface area contributed by atoms with E-state index in [-0.39, 0.29) is 5.91 Å². The monoisotopic (exact) mass is 259 g/mol. The van der Waals surface area contributed by atoms with Crippen LogP contribution < -0.4 is 0 Å². The van der Waals surface area contributed by atoms with Gasteiger partial charge in [0.15, 0.2) is 0 Å². The second-order valence-corrected chi connectivity index (χ2v) is 4.87. The van der Waals surface area contributed by atoms with E-state index < -0.39 is 5.97 Å². The first kappa shape index (κ1) is 12.7. The number of carboxylic acid groups (broad SMARTS) is 1. The van der Waals surface area contributed by atoms with Gasteiger partial charge in [-0.15, -0.1) is 11.3 Å². The van der Waals surface area contributed by atoms with Gasteiger partial charge >= 0.3 is 5.97 Å². The Morgan fingerprint density at radius 1 is 1.50 bits per heavy atom. The number of amides is 1. The fraction of sp³-hybridized carbons (Fsp3) is 0.200. The van der Waals surface area contributed by atoms with E-state index in [9.17, 15) is 9.59 Å². The van der Waals surface area contributed by atoms with E-state index >= 15 is 0 Å². The summed E-state index contributed by atoms with van der Waals surface area (Å²) in [5.74, 6) is -1.49. The van der Waals surface area contributed by atoms with Crippen LogP contribution in [0, 0.1) is 0 Å². The zero-order valence-corrected chi connectivity index (χ0v) is 10.1. The van der Waals surface area contributed by atoms with Crippen LogP contribution >= 0.6 is 22.9 Å². The second-order valence-electron chi connectivity index (χ2n) is 3.07. The topological polar surface area (TPSA) is 57.6 Å². The van der Waals surface area contributed by atoms with Crippen LogP contribution in [0.5, 0.6) is 0 Å². The molecule has 4 nitrogen and oxygen atoms in total. The SMILES string of the molecule is CN(Cc1ccc(Cl)s1)C(=O)/C=C/C(=O)O. The number of nitrogens with zero attached hydrogens (tertiary/aromatic N) is 1. The molecular formula is C10H10ClNO3S. The molecule has 1 N–H and O–H groups in total. The Labute approximate surface area is 102 Å². The minimum Gasteiger partial charge on any atom is -0.478 e. The van der Waals surface area contributed by atoms with Crippen molar-refractivity contribution in [3.63, 3.8) is 0 Å². The lowest BCUT2D eigenvalue weighted by molar-refractivity contribution is -0.132. The Kier molecular flexibility index (Phi) is 4.52. The fourth-order valence-electron chi connectivity index (χ4n) is 1.02. The van der Waals surface area contributed by atoms with Crippen LogP contribution in [0.2, 0.25) is 4.34 Å². The number of likely N-dealkylation sites (N-methyl/N-ethyl adjacent to an activating group) is 1. The van der Waals surface area contributed by atoms with Crippen molar-refractivity contribution in [1.29, 1.82) is 0 Å². The molecule has 0 atom stereocenters. The molecule has 1 amide bonds. The average molecular weight is 260 g/mol. The first-order valence-corrected chi connectivity index (χ1v) is 5.59. The molecule has 16 heavy (non-hydrogen) atoms. The summed E-state index contributed by atoms with van der Waals surface area (Å²) in [7, 11) is 1.60. The number of aliphatic carboxylic acids is 1. The van der Waals surface area contributed by atoms with Crippen LogP contribution in [0.15, 0.2) is 24.3 Å². The van der Waals surface area contributed by atoms with Gasteiger partial charge < -0.3 is 10.0 Å². The van der Waals surface area contributed by atoms with Gasteiger partial charge in [0, 0.05) is 24.1 Å². The molecule has 1 aromatic rings. The Bertz CT molecular complexity index is 427. The van der Waals surface area contributed by atoms with Crippen LogP contribution in [0.4, 0.5) is 0 Å². The van der Waals surface area contributed by atoms with Gasteiger partial charge in [-0.25, -0.2) is 4.79 Å². The number of rotatable bonds is 4. The molecule has 1 heterocycles. The summed E-state index contributed by atoms with van der Waals surface area (Å²) in [6.07, 6.45) is 1.85. The minimum atomic E-state index is -1.14. The number of hydrogen-bond acceptors (Lipinski definition) is 3. The van der Waals surface area contributed by atoms with E-state index in [1.807, 2.05) is 6.07 Å². The third-order valence-electron chi connectivity index (χ3n) is 1.77. The minimum absolute atomic E-state index is 0.355. The number of carbonyl (C=O) groups is 2. The first-order chi connectivity index (χ1) is 7.49. The van der Waals surface area contributed by atoms with Gasteiger partial charge in [-0.3, -0.25) is 4.79 Å². The van der Waals surface area contributed by atoms with E-state index in [4.69, 9.17) is 16.7 Å². The van der Waals surface area contributed by atoms with Gasteiger partial charge in [0.05, 0.1) is 10.9 Å². The highest BCUT2D eigenvalue weighted by molar-refractivity contribution is 7.16. The number of hydrogen-bond donors (Lipinski definition) is 1. The van der Waals surface area contributed by atoms with Gasteiger partial charge in [0.2, 0.25) is 5.91 Å². The standard InChI is InChI=1S/C10H10ClNO3S/c1-12(9(13)4-5-10(14)15)6-7-2-3-8(11)16-7/h2-5H,6H2,1H3,(H,14,15)/b5-4+. The van der Waals surface area contributed by atoms with Crippen molar-refractivity contribution in [2.75, 3.05) is 7.05 Å². The Morgan fingerprint density at radius 3 is 2.69 bits per heavy atom. The fourth-order valence-corrected chi connectivity index (χ4v) is 2.16. The van der Waals surface area contributed by atoms with Gasteiger partial charge in [-0.1, -0.05) is 11.6 Å². The van der Waals surface area contributed by atoms with Crippen LogP contribution in [0.1, 0.15) is 4.88 Å². The maximum Gasteiger partial charge on any atom is 0.328 e. The third kappa shape index (κ3) is 4.04. The molecule has 6 heteroatoms. The number of halogens is 1. The molecule has 0 fully saturated rings. The molecule has 0 saturated carbocycles. The largest absolute Gasteiger partial charge is 0.478 e. The summed E-state index contributed by atoms with van der Waals surface area (Å²) in [6.45, 7) is 0.417. The molecule has 0 unspecified atom stereocenters. The average Bonchev–Trinajstić information content (AvgIpc) is 2.60. The Balaban J connectivity index is 2.55. The number of carboxylic acids is 1. The van der Waals surface area contributed by atoms with Gasteiger partial charge in [0.25, 0.3) is 0 Å². The summed E-state index contributed by atoms with van der Waals surface area (Å²) in [5, 5.41) is 8.36. The van der Waals surface area contributed by atoms with E-state index in [2.05, 4.69) is 0 Å². The highest BCUT2D eigenvalue weighted by Crippen LogP contribution is 2.22. The van der Waals surface area contributed by atoms with E-state index in [0.717, 1.165) is 17.0 Å². The highest BCUT2D eigenvalue weighted by atomic mass is 35.5. The van der Waals surface area contributed by atoms with Crippen molar-refractivity contribution in [3.8, 4) is 0 Å². The Morgan fingerprint density at radius 2 is 2.19 bits per heavy atom. The van der Waals surface area contributed by atoms with Crippen molar-refractivity contribution < 1.29 is 14.7 Å². The predicted octanol–water partition coefficient (Wildman–Crippen LogP) is 2.00. The lowest BCUT2D eigenvalue weighted by atomic mass is 10.4. The molecule has 0 aliphatic carbocycles. The van der Waals surface area contributed by atoms with Crippen LogP contribution in [0.3, 0.4) is 0 Å². The molecule has 0 bridgehead atoms. The van der Waals surface area contributed by atoms with E-state index in [1.165, 1.54) is 16.2 Å². The van der Waals surface area contributed by atoms with Gasteiger partial charge in [0.1, 0.15) is 0 Å². The van der Waals surface area contributed by atoms with Crippen LogP contribution in [-0.4, -0.2) is 28.9 Å². The van der Waals surface area contributed by atoms with Crippen LogP contribution in [0.25, 0.3) is 0 Å². The van der Waals surface area contributed by atoms with Crippen molar-refractivity contribution in [2.45, 2.75) is 6.54 Å². The maximum atomic E-state index is 11.4. The first-order valence-electron chi connectivity index (χ1n) is 4.39. The molecular weight excluding hydrogens is 250 g/mol. The van der Waals surface area contributed by atoms with Gasteiger partial charge in [-0.2, -0.15) is 0 Å². The van der Waals surface area contributed by atoms with Crippen molar-refractivity contribution in [2.24, 2.45) is 0 Å². The lowest BCUT2D eigenvalue weighted by Crippen LogP contribution is -2.23. The molecule has 1 aromatic heterocycles. The van der Waals surface area contributed by atoms with Crippen LogP contribution in [-0.2, 0) is 16.1 Å². The molecule has 0 saturated heterocycles. The maximum absolute atomic E-state index is 11.4. The molecule has 0 spiro atoms. The molecule has 0 aliphatic heterocycles. The van der Waals surface area contributed by atoms with Gasteiger partial charge in [-0.05, 0) is 12.1 Å². The summed E-state index contributed by atoms with van der Waals surface area (Å²) in [6, 6.07) is 3.59. The van der Waals surface area contributed by atoms with Crippen molar-refractivity contribution in [3.05, 3.63) is 33.5 Å². The molecule has 0 aromatic carbocycles. The third-order valence-corrected chi connectivity index (χ3v) is 2.98. The smallest absolute Gasteiger partial charge is 0.328 e. The normalized spacial score (nSPS) is 10.6. The highest BCUT2D eigenvalue weighted by Gasteiger charge is 2.07. The second kappa shape index (κ2) is 5.67. The zero-order chi connectivity index (χ0) is 12.1. The quantitative estimate of drug-likeness (QED) is 0.842. The van der Waals surface area contributed by atoms with E-state index in [0.29, 0.717) is 10.9 Å². The molecule has 0 radical (unpaired) electrons. The summed E-state index contributed by atoms with van der Waals surface area (Å²) < 4.78 is 0.664. The molecule has 1 rings (SSSR count).